The SMILES string of the molecule is CC(=O)N[C@@H](CC(C)C)C(=O)N[C@H](C(=O)C(=O)[C@H](Cc1ccccc1)NN[C@]1(C)CCCCCCC=CCCC[C@@](C)(C(=O)CN[C@@H](C)C(=O)CCN[C@@H](C)C(=O)CCN[C@@H](C)C(=O)CCN[C@@H](C)C(=O)CN[C@H](C)C(=O)N[C@H](C)C(N)=O)NC(=O)[C@H](CC(C)C)NN[C@@H](CCC(N)=O)C(=O)CN[C@@H](C)C(=O)CC(=O)[C@H](Cc2c[nH]c3ccccc23)NN[C@@H](Cc2ccc(O)cc2)C(=O)C(=O)[C@H](CCC(=O)O)NC1=O)[C@@H](C)O. The number of hydrogen-bond donors (Lipinski definition) is 23. The third-order valence-electron chi connectivity index (χ3n) is 26.1. The molecule has 0 fully saturated rings. The lowest BCUT2D eigenvalue weighted by Crippen LogP contribution is -2.66. The summed E-state index contributed by atoms with van der Waals surface area (Å²) in [5.74, 6) is -15.6. The number of H-pyrrole nitrogens is 1. The lowest BCUT2D eigenvalue weighted by Gasteiger charge is -2.34. The van der Waals surface area contributed by atoms with Crippen LogP contribution in [0.5, 0.6) is 5.75 Å². The van der Waals surface area contributed by atoms with Crippen molar-refractivity contribution in [3.8, 4) is 5.75 Å². The maximum absolute atomic E-state index is 15.6. The zero-order chi connectivity index (χ0) is 110. The predicted molar refractivity (Wildman–Crippen MR) is 555 cm³/mol. The van der Waals surface area contributed by atoms with Crippen LogP contribution in [-0.4, -0.2) is 284 Å². The van der Waals surface area contributed by atoms with Gasteiger partial charge in [0.2, 0.25) is 64.5 Å². The first-order valence-electron chi connectivity index (χ1n) is 51.2. The Balaban J connectivity index is 1.46. The molecule has 1 aliphatic heterocycles. The number of phenolic OH excluding ortho intramolecular Hbond substituents is 1. The van der Waals surface area contributed by atoms with Crippen LogP contribution in [0.3, 0.4) is 0 Å². The summed E-state index contributed by atoms with van der Waals surface area (Å²) < 4.78 is 0. The van der Waals surface area contributed by atoms with Gasteiger partial charge in [-0.3, -0.25) is 101 Å². The molecule has 0 spiro atoms. The average Bonchev–Trinajstić information content (AvgIpc) is 0.978. The van der Waals surface area contributed by atoms with Crippen molar-refractivity contribution in [2.75, 3.05) is 39.3 Å². The molecule has 7 amide bonds. The van der Waals surface area contributed by atoms with Crippen LogP contribution in [0.1, 0.15) is 243 Å². The Hall–Kier alpha value is -12.0. The van der Waals surface area contributed by atoms with E-state index in [9.17, 15) is 92.0 Å². The van der Waals surface area contributed by atoms with Gasteiger partial charge in [-0.15, -0.1) is 0 Å². The number of aromatic hydroxyl groups is 1. The second-order valence-electron chi connectivity index (χ2n) is 39.9. The van der Waals surface area contributed by atoms with Crippen molar-refractivity contribution >= 4 is 128 Å². The summed E-state index contributed by atoms with van der Waals surface area (Å²) in [7, 11) is 0. The topological polar surface area (TPSA) is 674 Å². The van der Waals surface area contributed by atoms with Gasteiger partial charge >= 0.3 is 5.97 Å². The van der Waals surface area contributed by atoms with Crippen molar-refractivity contribution in [3.63, 3.8) is 0 Å². The number of carbonyl (C=O) groups is 20. The molecule has 25 N–H and O–H groups in total. The summed E-state index contributed by atoms with van der Waals surface area (Å²) in [4.78, 5) is 281. The number of fused-ring (bicyclic) bond motifs is 1. The van der Waals surface area contributed by atoms with E-state index in [0.717, 1.165) is 0 Å². The van der Waals surface area contributed by atoms with Gasteiger partial charge in [-0.25, -0.2) is 32.6 Å². The third-order valence-corrected chi connectivity index (χ3v) is 26.1. The fourth-order valence-electron chi connectivity index (χ4n) is 16.4. The van der Waals surface area contributed by atoms with Crippen LogP contribution in [-0.2, 0) is 115 Å². The van der Waals surface area contributed by atoms with Gasteiger partial charge in [0.05, 0.1) is 104 Å². The van der Waals surface area contributed by atoms with E-state index in [1.54, 1.807) is 109 Å². The van der Waals surface area contributed by atoms with Crippen LogP contribution in [0.2, 0.25) is 0 Å². The van der Waals surface area contributed by atoms with Crippen LogP contribution in [0.25, 0.3) is 10.9 Å². The number of primary amides is 2. The number of carboxylic acids is 1. The molecular weight excluding hydrogens is 1910 g/mol. The van der Waals surface area contributed by atoms with E-state index in [2.05, 4.69) is 96.0 Å². The number of phenols is 1. The molecule has 0 radical (unpaired) electrons. The Kier molecular flexibility index (Phi) is 55.1. The largest absolute Gasteiger partial charge is 0.508 e. The fraction of sp³-hybridized carbons (Fsp3) is 0.600. The number of hydrazine groups is 3. The van der Waals surface area contributed by atoms with E-state index in [1.807, 2.05) is 26.0 Å². The number of aliphatic hydroxyl groups is 1. The van der Waals surface area contributed by atoms with Crippen molar-refractivity contribution in [1.82, 2.24) is 96.0 Å². The number of hydrogen-bond acceptors (Lipinski definition) is 34. The monoisotopic (exact) mass is 2070 g/mol. The number of aromatic amines is 1. The highest BCUT2D eigenvalue weighted by Crippen LogP contribution is 2.25. The summed E-state index contributed by atoms with van der Waals surface area (Å²) in [6, 6.07) is 3.13. The van der Waals surface area contributed by atoms with Gasteiger partial charge in [0.25, 0.3) is 0 Å². The summed E-state index contributed by atoms with van der Waals surface area (Å²) in [6.45, 7) is 22.8. The molecular formula is C105H160N20O23. The summed E-state index contributed by atoms with van der Waals surface area (Å²) in [6.07, 6.45) is 3.47. The average molecular weight is 2070 g/mol. The van der Waals surface area contributed by atoms with Gasteiger partial charge in [0.1, 0.15) is 35.5 Å². The van der Waals surface area contributed by atoms with Gasteiger partial charge in [-0.2, -0.15) is 0 Å². The Morgan fingerprint density at radius 3 is 1.66 bits per heavy atom. The molecule has 0 saturated heterocycles. The fourth-order valence-corrected chi connectivity index (χ4v) is 16.4. The molecule has 43 heteroatoms. The molecule has 4 aromatic rings. The molecule has 818 valence electrons. The number of amides is 7. The number of aliphatic carboxylic acids is 1. The second-order valence-corrected chi connectivity index (χ2v) is 39.9. The highest BCUT2D eigenvalue weighted by molar-refractivity contribution is 6.42. The summed E-state index contributed by atoms with van der Waals surface area (Å²) >= 11 is 0. The molecule has 3 aromatic carbocycles. The highest BCUT2D eigenvalue weighted by Gasteiger charge is 2.44. The Morgan fingerprint density at radius 2 is 1.07 bits per heavy atom. The molecule has 148 heavy (non-hydrogen) atoms. The molecule has 0 unspecified atom stereocenters. The summed E-state index contributed by atoms with van der Waals surface area (Å²) in [5.41, 5.74) is 26.9. The zero-order valence-electron chi connectivity index (χ0n) is 88.1. The number of nitrogens with one attached hydrogen (secondary N) is 18. The van der Waals surface area contributed by atoms with E-state index in [-0.39, 0.29) is 150 Å². The second kappa shape index (κ2) is 64.4. The number of ketones is 12. The minimum atomic E-state index is -1.95. The first-order valence-corrected chi connectivity index (χ1v) is 51.2. The van der Waals surface area contributed by atoms with Gasteiger partial charge in [0.15, 0.2) is 46.3 Å². The Labute approximate surface area is 865 Å². The molecule has 1 aromatic heterocycles. The Morgan fingerprint density at radius 1 is 0.514 bits per heavy atom. The molecule has 18 atom stereocenters. The maximum atomic E-state index is 15.6. The van der Waals surface area contributed by atoms with Crippen LogP contribution >= 0.6 is 0 Å². The van der Waals surface area contributed by atoms with E-state index in [0.29, 0.717) is 66.1 Å². The van der Waals surface area contributed by atoms with Crippen LogP contribution in [0.15, 0.2) is 97.2 Å². The molecule has 1 aliphatic rings. The number of para-hydroxylation sites is 1. The van der Waals surface area contributed by atoms with Crippen LogP contribution < -0.4 is 103 Å². The standard InChI is InChI=1S/C105H160N20O23/c1-60(2)50-82(116-70(13)127)101(146)118-94(69(12)126)98(143)97(142)81(52-71-30-24-23-25-31-71)124-125-105(15)46-29-22-20-18-16-17-19-21-28-45-104(14,91(136)59-113-64(7)86(131)44-48-109-62(5)84(129)42-47-108-63(6)85(130)43-49-110-66(9)89(134)57-112-68(11)100(145)115-67(10)99(107)144)119-102(147)83(51-61(3)4)123-120-77(38-40-92(106)137)90(135)58-111-65(8)87(132)55-88(133)79(54-73-56-114-76-33-27-26-32-75(73)76)121-122-80(53-72-34-36-74(128)37-35-72)96(141)95(140)78(117-103(105)148)39-41-93(138)139/h17,19,23-27,30-37,56,60-69,77-83,94,108-114,120-126,128H,16,18,20-22,28-29,38-55,57-59H2,1-15H3,(H2,106,137)(H2,107,144)(H,115,145)(H,116,127)(H,117,148)(H,118,146)(H,119,147)(H,138,139)/t62-,63-,64-,65-,66-,67+,68+,69+,77-,78-,79-,80-,81-,82-,83-,94-,104-,105+/m0/s1. The van der Waals surface area contributed by atoms with Crippen molar-refractivity contribution < 1.29 is 111 Å². The van der Waals surface area contributed by atoms with Gasteiger partial charge < -0.3 is 84.9 Å². The van der Waals surface area contributed by atoms with Crippen molar-refractivity contribution in [1.29, 1.82) is 0 Å². The van der Waals surface area contributed by atoms with E-state index in [4.69, 9.17) is 11.5 Å². The number of Topliss-reactive ketones (excluding diaryl/α,β-unsaturated/α-hetero) is 12. The number of carboxylic acid groups (broad SMARTS) is 1. The van der Waals surface area contributed by atoms with E-state index < -0.39 is 234 Å². The minimum Gasteiger partial charge on any atom is -0.508 e. The van der Waals surface area contributed by atoms with Gasteiger partial charge in [0, 0.05) is 75.8 Å². The lowest BCUT2D eigenvalue weighted by atomic mass is 9.88. The number of aromatic nitrogens is 1. The number of carbonyl (C=O) groups excluding carboxylic acids is 19. The van der Waals surface area contributed by atoms with Gasteiger partial charge in [-0.1, -0.05) is 120 Å². The first-order chi connectivity index (χ1) is 69.8. The van der Waals surface area contributed by atoms with Gasteiger partial charge in [-0.05, 0) is 199 Å². The highest BCUT2D eigenvalue weighted by atomic mass is 16.4. The maximum Gasteiger partial charge on any atom is 0.303 e. The molecule has 2 heterocycles. The quantitative estimate of drug-likeness (QED) is 0.0127. The lowest BCUT2D eigenvalue weighted by molar-refractivity contribution is -0.143. The molecule has 0 aliphatic carbocycles. The van der Waals surface area contributed by atoms with Crippen molar-refractivity contribution in [2.45, 2.75) is 353 Å². The smallest absolute Gasteiger partial charge is 0.303 e. The number of benzene rings is 3. The summed E-state index contributed by atoms with van der Waals surface area (Å²) in [5, 5.41) is 63.4. The molecule has 43 nitrogen and oxygen atoms in total. The van der Waals surface area contributed by atoms with Crippen LogP contribution in [0.4, 0.5) is 0 Å². The van der Waals surface area contributed by atoms with E-state index >= 15 is 19.2 Å². The number of aliphatic hydroxyl groups excluding tert-OH is 1. The first kappa shape index (κ1) is 126. The predicted octanol–water partition coefficient (Wildman–Crippen LogP) is 1.07. The third kappa shape index (κ3) is 44.8. The van der Waals surface area contributed by atoms with E-state index in [1.165, 1.54) is 65.8 Å². The normalized spacial score (nSPS) is 21.6. The molecule has 0 saturated carbocycles. The molecule has 0 bridgehead atoms. The molecule has 5 rings (SSSR count). The number of allylic oxidation sites excluding steroid dienone is 2. The Bertz CT molecular complexity index is 5170. The van der Waals surface area contributed by atoms with Crippen molar-refractivity contribution in [2.24, 2.45) is 23.3 Å². The minimum absolute atomic E-state index is 0.0380. The zero-order valence-corrected chi connectivity index (χ0v) is 88.1. The van der Waals surface area contributed by atoms with Crippen molar-refractivity contribution in [3.05, 3.63) is 114 Å². The number of nitrogens with two attached hydrogens (primary N) is 2. The number of rotatable bonds is 52. The van der Waals surface area contributed by atoms with Crippen LogP contribution in [0, 0.1) is 11.8 Å².